The van der Waals surface area contributed by atoms with Crippen molar-refractivity contribution in [1.82, 2.24) is 0 Å². The second-order valence-corrected chi connectivity index (χ2v) is 3.72. The van der Waals surface area contributed by atoms with Crippen molar-refractivity contribution >= 4 is 5.97 Å². The lowest BCUT2D eigenvalue weighted by Crippen LogP contribution is -2.31. The second kappa shape index (κ2) is 2.79. The number of hydrogen-bond acceptors (Lipinski definition) is 1. The molecule has 4 atom stereocenters. The molecule has 2 rings (SSSR count). The Labute approximate surface area is 74.2 Å². The second-order valence-electron chi connectivity index (χ2n) is 3.72. The normalized spacial score (nSPS) is 41.8. The Balaban J connectivity index is 2.25. The maximum Gasteiger partial charge on any atom is 0.307 e. The summed E-state index contributed by atoms with van der Waals surface area (Å²) in [5, 5.41) is 8.79. The van der Waals surface area contributed by atoms with Crippen molar-refractivity contribution in [2.24, 2.45) is 23.7 Å². The zero-order valence-electron chi connectivity index (χ0n) is 6.86. The molecule has 2 aliphatic rings. The van der Waals surface area contributed by atoms with E-state index in [-0.39, 0.29) is 11.8 Å². The van der Waals surface area contributed by atoms with Crippen LogP contribution >= 0.6 is 0 Å². The van der Waals surface area contributed by atoms with Gasteiger partial charge in [-0.15, -0.1) is 0 Å². The first-order chi connectivity index (χ1) is 6.11. The first-order valence-electron chi connectivity index (χ1n) is 4.30. The molecule has 0 aliphatic heterocycles. The van der Waals surface area contributed by atoms with Crippen LogP contribution in [0.15, 0.2) is 12.2 Å². The summed E-state index contributed by atoms with van der Waals surface area (Å²) < 4.78 is 25.0. The largest absolute Gasteiger partial charge is 0.481 e. The van der Waals surface area contributed by atoms with Gasteiger partial charge in [0, 0.05) is 5.92 Å². The van der Waals surface area contributed by atoms with E-state index in [1.54, 1.807) is 12.2 Å². The van der Waals surface area contributed by atoms with Gasteiger partial charge in [0.1, 0.15) is 0 Å². The number of rotatable bonds is 2. The monoisotopic (exact) mass is 188 g/mol. The molecule has 0 radical (unpaired) electrons. The first-order valence-corrected chi connectivity index (χ1v) is 4.30. The maximum absolute atomic E-state index is 12.5. The molecule has 0 amide bonds. The number of aliphatic carboxylic acids is 1. The number of halogens is 2. The molecular formula is C9H10F2O2. The molecule has 0 spiro atoms. The standard InChI is InChI=1S/C9H10F2O2/c10-8(11)6-4-1-2-5(3-4)7(6)9(12)13/h1-2,4-8H,3H2,(H,12,13)/t4-,5+,6+,7+/m0/s1. The van der Waals surface area contributed by atoms with E-state index in [1.165, 1.54) is 0 Å². The number of fused-ring (bicyclic) bond motifs is 2. The highest BCUT2D eigenvalue weighted by atomic mass is 19.3. The van der Waals surface area contributed by atoms with E-state index in [0.717, 1.165) is 0 Å². The van der Waals surface area contributed by atoms with Gasteiger partial charge in [-0.2, -0.15) is 0 Å². The summed E-state index contributed by atoms with van der Waals surface area (Å²) in [6.45, 7) is 0. The van der Waals surface area contributed by atoms with E-state index >= 15 is 0 Å². The maximum atomic E-state index is 12.5. The van der Waals surface area contributed by atoms with Gasteiger partial charge in [0.15, 0.2) is 0 Å². The molecule has 1 N–H and O–H groups in total. The smallest absolute Gasteiger partial charge is 0.307 e. The van der Waals surface area contributed by atoms with Crippen molar-refractivity contribution in [1.29, 1.82) is 0 Å². The topological polar surface area (TPSA) is 37.3 Å². The lowest BCUT2D eigenvalue weighted by atomic mass is 9.83. The van der Waals surface area contributed by atoms with E-state index in [2.05, 4.69) is 0 Å². The van der Waals surface area contributed by atoms with E-state index < -0.39 is 24.2 Å². The van der Waals surface area contributed by atoms with Crippen molar-refractivity contribution in [2.75, 3.05) is 0 Å². The van der Waals surface area contributed by atoms with Gasteiger partial charge < -0.3 is 5.11 Å². The van der Waals surface area contributed by atoms with E-state index in [9.17, 15) is 13.6 Å². The van der Waals surface area contributed by atoms with Crippen molar-refractivity contribution in [3.05, 3.63) is 12.2 Å². The third-order valence-electron chi connectivity index (χ3n) is 3.10. The summed E-state index contributed by atoms with van der Waals surface area (Å²) in [5.41, 5.74) is 0. The number of carboxylic acid groups (broad SMARTS) is 1. The Morgan fingerprint density at radius 1 is 1.38 bits per heavy atom. The molecule has 0 aromatic rings. The zero-order valence-corrected chi connectivity index (χ0v) is 6.86. The third-order valence-corrected chi connectivity index (χ3v) is 3.10. The molecule has 0 unspecified atom stereocenters. The van der Waals surface area contributed by atoms with Crippen molar-refractivity contribution in [3.63, 3.8) is 0 Å². The first kappa shape index (κ1) is 8.66. The predicted octanol–water partition coefficient (Wildman–Crippen LogP) is 1.77. The molecule has 4 heteroatoms. The van der Waals surface area contributed by atoms with Crippen molar-refractivity contribution in [2.45, 2.75) is 12.8 Å². The number of allylic oxidation sites excluding steroid dienone is 2. The minimum Gasteiger partial charge on any atom is -0.481 e. The van der Waals surface area contributed by atoms with Gasteiger partial charge in [0.05, 0.1) is 5.92 Å². The van der Waals surface area contributed by atoms with Gasteiger partial charge in [-0.25, -0.2) is 8.78 Å². The van der Waals surface area contributed by atoms with Crippen LogP contribution in [0.2, 0.25) is 0 Å². The minimum absolute atomic E-state index is 0.165. The fourth-order valence-electron chi connectivity index (χ4n) is 2.55. The van der Waals surface area contributed by atoms with Gasteiger partial charge in [-0.3, -0.25) is 4.79 Å². The van der Waals surface area contributed by atoms with Gasteiger partial charge in [-0.1, -0.05) is 12.2 Å². The fourth-order valence-corrected chi connectivity index (χ4v) is 2.55. The predicted molar refractivity (Wildman–Crippen MR) is 41.4 cm³/mol. The molecule has 0 aromatic carbocycles. The Hall–Kier alpha value is -0.930. The average molecular weight is 188 g/mol. The summed E-state index contributed by atoms with van der Waals surface area (Å²) in [7, 11) is 0. The molecule has 2 aliphatic carbocycles. The van der Waals surface area contributed by atoms with Crippen LogP contribution in [-0.4, -0.2) is 17.5 Å². The summed E-state index contributed by atoms with van der Waals surface area (Å²) in [5.74, 6) is -3.29. The average Bonchev–Trinajstić information content (AvgIpc) is 2.60. The van der Waals surface area contributed by atoms with Crippen LogP contribution < -0.4 is 0 Å². The molecule has 2 bridgehead atoms. The zero-order chi connectivity index (χ0) is 9.59. The van der Waals surface area contributed by atoms with Gasteiger partial charge in [-0.05, 0) is 18.3 Å². The van der Waals surface area contributed by atoms with Crippen LogP contribution in [0, 0.1) is 23.7 Å². The summed E-state index contributed by atoms with van der Waals surface area (Å²) in [6.07, 6.45) is 1.58. The van der Waals surface area contributed by atoms with Crippen LogP contribution in [0.4, 0.5) is 8.78 Å². The fraction of sp³-hybridized carbons (Fsp3) is 0.667. The summed E-state index contributed by atoms with van der Waals surface area (Å²) in [6, 6.07) is 0. The number of alkyl halides is 2. The highest BCUT2D eigenvalue weighted by Gasteiger charge is 2.52. The Morgan fingerprint density at radius 2 is 2.00 bits per heavy atom. The lowest BCUT2D eigenvalue weighted by Gasteiger charge is -2.23. The summed E-state index contributed by atoms with van der Waals surface area (Å²) in [4.78, 5) is 10.7. The molecule has 72 valence electrons. The van der Waals surface area contributed by atoms with Crippen LogP contribution in [0.1, 0.15) is 6.42 Å². The quantitative estimate of drug-likeness (QED) is 0.670. The number of carboxylic acids is 1. The highest BCUT2D eigenvalue weighted by molar-refractivity contribution is 5.72. The van der Waals surface area contributed by atoms with Gasteiger partial charge in [0.2, 0.25) is 6.43 Å². The molecule has 2 nitrogen and oxygen atoms in total. The molecule has 0 saturated heterocycles. The van der Waals surface area contributed by atoms with E-state index in [0.29, 0.717) is 6.42 Å². The van der Waals surface area contributed by atoms with Crippen LogP contribution in [0.25, 0.3) is 0 Å². The molecule has 1 fully saturated rings. The Morgan fingerprint density at radius 3 is 2.46 bits per heavy atom. The van der Waals surface area contributed by atoms with Gasteiger partial charge >= 0.3 is 5.97 Å². The van der Waals surface area contributed by atoms with Crippen LogP contribution in [0.5, 0.6) is 0 Å². The molecule has 13 heavy (non-hydrogen) atoms. The SMILES string of the molecule is O=C(O)[C@H]1[C@H](C(F)F)[C@H]2C=C[C@@H]1C2. The Kier molecular flexibility index (Phi) is 1.86. The third kappa shape index (κ3) is 1.16. The van der Waals surface area contributed by atoms with E-state index in [1.807, 2.05) is 0 Å². The summed E-state index contributed by atoms with van der Waals surface area (Å²) >= 11 is 0. The number of hydrogen-bond donors (Lipinski definition) is 1. The van der Waals surface area contributed by atoms with Gasteiger partial charge in [0.25, 0.3) is 0 Å². The molecule has 1 saturated carbocycles. The minimum atomic E-state index is -2.51. The van der Waals surface area contributed by atoms with Crippen LogP contribution in [0.3, 0.4) is 0 Å². The number of carbonyl (C=O) groups is 1. The lowest BCUT2D eigenvalue weighted by molar-refractivity contribution is -0.146. The van der Waals surface area contributed by atoms with Crippen LogP contribution in [-0.2, 0) is 4.79 Å². The molecule has 0 heterocycles. The van der Waals surface area contributed by atoms with Crippen molar-refractivity contribution in [3.8, 4) is 0 Å². The molecular weight excluding hydrogens is 178 g/mol. The molecule has 0 aromatic heterocycles. The highest BCUT2D eigenvalue weighted by Crippen LogP contribution is 2.50. The van der Waals surface area contributed by atoms with E-state index in [4.69, 9.17) is 5.11 Å². The van der Waals surface area contributed by atoms with Crippen molar-refractivity contribution < 1.29 is 18.7 Å². The Bertz CT molecular complexity index is 262.